The summed E-state index contributed by atoms with van der Waals surface area (Å²) in [5.74, 6) is 0. The van der Waals surface area contributed by atoms with E-state index in [-0.39, 0.29) is 5.69 Å². The zero-order valence-corrected chi connectivity index (χ0v) is 14.8. The summed E-state index contributed by atoms with van der Waals surface area (Å²) >= 11 is 0. The van der Waals surface area contributed by atoms with Crippen molar-refractivity contribution in [2.45, 2.75) is 38.3 Å². The van der Waals surface area contributed by atoms with E-state index < -0.39 is 4.92 Å². The van der Waals surface area contributed by atoms with Gasteiger partial charge in [0.2, 0.25) is 0 Å². The van der Waals surface area contributed by atoms with Crippen molar-refractivity contribution in [3.63, 3.8) is 0 Å². The van der Waals surface area contributed by atoms with Crippen molar-refractivity contribution >= 4 is 17.1 Å². The number of rotatable bonds is 7. The zero-order valence-electron chi connectivity index (χ0n) is 14.8. The van der Waals surface area contributed by atoms with Crippen molar-refractivity contribution in [3.8, 4) is 0 Å². The maximum absolute atomic E-state index is 11.1. The van der Waals surface area contributed by atoms with Crippen molar-refractivity contribution in [3.05, 3.63) is 64.2 Å². The van der Waals surface area contributed by atoms with Crippen molar-refractivity contribution in [1.29, 1.82) is 0 Å². The van der Waals surface area contributed by atoms with Gasteiger partial charge in [-0.05, 0) is 24.5 Å². The molecule has 2 aromatic carbocycles. The fourth-order valence-corrected chi connectivity index (χ4v) is 3.13. The second kappa shape index (κ2) is 8.42. The fourth-order valence-electron chi connectivity index (χ4n) is 3.13. The van der Waals surface area contributed by atoms with E-state index in [0.29, 0.717) is 18.3 Å². The third kappa shape index (κ3) is 4.78. The smallest absolute Gasteiger partial charge is 0.271 e. The molecule has 136 valence electrons. The van der Waals surface area contributed by atoms with Crippen LogP contribution in [0.4, 0.5) is 17.1 Å². The predicted molar refractivity (Wildman–Crippen MR) is 101 cm³/mol. The van der Waals surface area contributed by atoms with E-state index in [1.165, 1.54) is 25.0 Å². The highest BCUT2D eigenvalue weighted by molar-refractivity contribution is 5.68. The molecule has 7 heteroatoms. The lowest BCUT2D eigenvalue weighted by molar-refractivity contribution is -0.384. The van der Waals surface area contributed by atoms with Crippen molar-refractivity contribution < 1.29 is 4.92 Å². The Kier molecular flexibility index (Phi) is 5.78. The van der Waals surface area contributed by atoms with Crippen LogP contribution >= 0.6 is 0 Å². The van der Waals surface area contributed by atoms with E-state index in [4.69, 9.17) is 0 Å². The van der Waals surface area contributed by atoms with Crippen LogP contribution in [0.2, 0.25) is 0 Å². The van der Waals surface area contributed by atoms with Crippen LogP contribution in [0.15, 0.2) is 58.9 Å². The fraction of sp³-hybridized carbons (Fsp3) is 0.368. The molecule has 2 aromatic rings. The highest BCUT2D eigenvalue weighted by Gasteiger charge is 2.18. The van der Waals surface area contributed by atoms with Crippen molar-refractivity contribution in [1.82, 2.24) is 5.01 Å². The summed E-state index contributed by atoms with van der Waals surface area (Å²) in [6.45, 7) is 0.616. The Hall–Kier alpha value is -2.96. The van der Waals surface area contributed by atoms with Gasteiger partial charge in [-0.15, -0.1) is 5.11 Å². The van der Waals surface area contributed by atoms with Crippen LogP contribution < -0.4 is 5.32 Å². The molecule has 0 aromatic heterocycles. The summed E-state index contributed by atoms with van der Waals surface area (Å²) in [7, 11) is 1.83. The van der Waals surface area contributed by atoms with E-state index in [1.807, 2.05) is 37.4 Å². The molecule has 1 saturated carbocycles. The Balaban J connectivity index is 1.76. The molecule has 1 fully saturated rings. The first kappa shape index (κ1) is 17.8. The SMILES string of the molecule is CN(Cc1ccccc1)N=Nc1cc([N+](=O)[O-])ccc1NC1CCCC1. The molecule has 0 saturated heterocycles. The number of nitrogens with one attached hydrogen (secondary N) is 1. The van der Waals surface area contributed by atoms with Gasteiger partial charge in [-0.1, -0.05) is 48.4 Å². The standard InChI is InChI=1S/C19H23N5O2/c1-23(14-15-7-3-2-4-8-15)22-21-19-13-17(24(25)26)11-12-18(19)20-16-9-5-6-10-16/h2-4,7-8,11-13,16,20H,5-6,9-10,14H2,1H3. The topological polar surface area (TPSA) is 83.1 Å². The van der Waals surface area contributed by atoms with Gasteiger partial charge >= 0.3 is 0 Å². The normalized spacial score (nSPS) is 14.7. The number of anilines is 1. The summed E-state index contributed by atoms with van der Waals surface area (Å²) in [6, 6.07) is 15.1. The average molecular weight is 353 g/mol. The number of non-ortho nitro benzene ring substituents is 1. The number of hydrogen-bond donors (Lipinski definition) is 1. The largest absolute Gasteiger partial charge is 0.381 e. The van der Waals surface area contributed by atoms with Crippen LogP contribution in [0, 0.1) is 10.1 Å². The number of benzene rings is 2. The molecule has 0 heterocycles. The number of nitro groups is 1. The van der Waals surface area contributed by atoms with Gasteiger partial charge in [-0.3, -0.25) is 15.1 Å². The summed E-state index contributed by atoms with van der Waals surface area (Å²) in [5.41, 5.74) is 2.42. The third-order valence-corrected chi connectivity index (χ3v) is 4.47. The molecule has 7 nitrogen and oxygen atoms in total. The lowest BCUT2D eigenvalue weighted by Crippen LogP contribution is -2.14. The maximum Gasteiger partial charge on any atom is 0.271 e. The van der Waals surface area contributed by atoms with E-state index in [1.54, 1.807) is 11.1 Å². The van der Waals surface area contributed by atoms with Crippen LogP contribution in [0.25, 0.3) is 0 Å². The van der Waals surface area contributed by atoms with Gasteiger partial charge in [0.15, 0.2) is 0 Å². The zero-order chi connectivity index (χ0) is 18.4. The van der Waals surface area contributed by atoms with Crippen molar-refractivity contribution in [2.24, 2.45) is 10.3 Å². The summed E-state index contributed by atoms with van der Waals surface area (Å²) in [4.78, 5) is 10.7. The maximum atomic E-state index is 11.1. The van der Waals surface area contributed by atoms with Crippen LogP contribution in [0.5, 0.6) is 0 Å². The van der Waals surface area contributed by atoms with Gasteiger partial charge in [0.05, 0.1) is 17.2 Å². The molecule has 3 rings (SSSR count). The number of hydrogen-bond acceptors (Lipinski definition) is 5. The van der Waals surface area contributed by atoms with Crippen LogP contribution in [0.1, 0.15) is 31.2 Å². The molecule has 0 radical (unpaired) electrons. The number of nitrogens with zero attached hydrogens (tertiary/aromatic N) is 4. The Morgan fingerprint density at radius 3 is 2.62 bits per heavy atom. The predicted octanol–water partition coefficient (Wildman–Crippen LogP) is 5.08. The number of nitro benzene ring substituents is 1. The Morgan fingerprint density at radius 1 is 1.19 bits per heavy atom. The molecule has 0 unspecified atom stereocenters. The Bertz CT molecular complexity index is 773. The monoisotopic (exact) mass is 353 g/mol. The molecule has 0 atom stereocenters. The summed E-state index contributed by atoms with van der Waals surface area (Å²) in [5, 5.41) is 24.8. The van der Waals surface area contributed by atoms with Gasteiger partial charge in [0.25, 0.3) is 5.69 Å². The van der Waals surface area contributed by atoms with Crippen LogP contribution in [0.3, 0.4) is 0 Å². The molecule has 0 aliphatic heterocycles. The minimum atomic E-state index is -0.411. The highest BCUT2D eigenvalue weighted by Crippen LogP contribution is 2.33. The van der Waals surface area contributed by atoms with E-state index in [2.05, 4.69) is 15.7 Å². The molecular formula is C19H23N5O2. The van der Waals surface area contributed by atoms with Gasteiger partial charge in [-0.2, -0.15) is 0 Å². The Labute approximate surface area is 152 Å². The average Bonchev–Trinajstić information content (AvgIpc) is 3.14. The van der Waals surface area contributed by atoms with Gasteiger partial charge in [-0.25, -0.2) is 0 Å². The van der Waals surface area contributed by atoms with Gasteiger partial charge in [0, 0.05) is 25.2 Å². The van der Waals surface area contributed by atoms with E-state index >= 15 is 0 Å². The Morgan fingerprint density at radius 2 is 1.92 bits per heavy atom. The highest BCUT2D eigenvalue weighted by atomic mass is 16.6. The second-order valence-corrected chi connectivity index (χ2v) is 6.58. The van der Waals surface area contributed by atoms with Crippen molar-refractivity contribution in [2.75, 3.05) is 12.4 Å². The van der Waals surface area contributed by atoms with Gasteiger partial charge in [0.1, 0.15) is 5.69 Å². The third-order valence-electron chi connectivity index (χ3n) is 4.47. The van der Waals surface area contributed by atoms with E-state index in [9.17, 15) is 10.1 Å². The van der Waals surface area contributed by atoms with Crippen LogP contribution in [-0.4, -0.2) is 23.0 Å². The molecule has 1 aliphatic rings. The molecule has 0 bridgehead atoms. The lowest BCUT2D eigenvalue weighted by Gasteiger charge is -2.15. The van der Waals surface area contributed by atoms with Gasteiger partial charge < -0.3 is 5.32 Å². The second-order valence-electron chi connectivity index (χ2n) is 6.58. The minimum absolute atomic E-state index is 0.0154. The first-order valence-corrected chi connectivity index (χ1v) is 8.83. The lowest BCUT2D eigenvalue weighted by atomic mass is 10.2. The molecule has 26 heavy (non-hydrogen) atoms. The summed E-state index contributed by atoms with van der Waals surface area (Å²) in [6.07, 6.45) is 4.64. The molecule has 1 aliphatic carbocycles. The summed E-state index contributed by atoms with van der Waals surface area (Å²) < 4.78 is 0. The minimum Gasteiger partial charge on any atom is -0.381 e. The molecule has 0 spiro atoms. The first-order chi connectivity index (χ1) is 12.6. The molecular weight excluding hydrogens is 330 g/mol. The molecule has 1 N–H and O–H groups in total. The quantitative estimate of drug-likeness (QED) is 0.427. The van der Waals surface area contributed by atoms with E-state index in [0.717, 1.165) is 24.1 Å². The molecule has 0 amide bonds. The first-order valence-electron chi connectivity index (χ1n) is 8.83. The van der Waals surface area contributed by atoms with Crippen LogP contribution in [-0.2, 0) is 6.54 Å².